The van der Waals surface area contributed by atoms with Gasteiger partial charge in [-0.1, -0.05) is 17.7 Å². The van der Waals surface area contributed by atoms with Crippen LogP contribution in [0.3, 0.4) is 0 Å². The van der Waals surface area contributed by atoms with E-state index in [1.54, 1.807) is 6.20 Å². The Bertz CT molecular complexity index is 778. The lowest BCUT2D eigenvalue weighted by Crippen LogP contribution is -2.52. The lowest BCUT2D eigenvalue weighted by atomic mass is 10.2. The van der Waals surface area contributed by atoms with Crippen LogP contribution in [-0.2, 0) is 16.0 Å². The molecule has 0 radical (unpaired) electrons. The van der Waals surface area contributed by atoms with E-state index in [1.807, 2.05) is 59.2 Å². The molecule has 1 aromatic carbocycles. The summed E-state index contributed by atoms with van der Waals surface area (Å²) in [6.07, 6.45) is 2.00. The van der Waals surface area contributed by atoms with Crippen molar-refractivity contribution in [1.29, 1.82) is 0 Å². The number of pyridine rings is 1. The fourth-order valence-electron chi connectivity index (χ4n) is 2.97. The van der Waals surface area contributed by atoms with Crippen LogP contribution in [0.4, 0.5) is 0 Å². The molecule has 27 heavy (non-hydrogen) atoms. The first-order valence-corrected chi connectivity index (χ1v) is 10.2. The van der Waals surface area contributed by atoms with E-state index in [0.717, 1.165) is 10.6 Å². The molecule has 3 rings (SSSR count). The van der Waals surface area contributed by atoms with Gasteiger partial charge >= 0.3 is 0 Å². The lowest BCUT2D eigenvalue weighted by Gasteiger charge is -2.36. The van der Waals surface area contributed by atoms with Gasteiger partial charge in [-0.2, -0.15) is 0 Å². The van der Waals surface area contributed by atoms with Gasteiger partial charge < -0.3 is 9.80 Å². The van der Waals surface area contributed by atoms with Gasteiger partial charge in [0.2, 0.25) is 11.8 Å². The van der Waals surface area contributed by atoms with Crippen LogP contribution in [0.25, 0.3) is 0 Å². The van der Waals surface area contributed by atoms with E-state index >= 15 is 0 Å². The number of aromatic nitrogens is 1. The molecule has 1 aromatic heterocycles. The summed E-state index contributed by atoms with van der Waals surface area (Å²) >= 11 is 7.43. The molecule has 0 N–H and O–H groups in total. The second-order valence-electron chi connectivity index (χ2n) is 6.42. The van der Waals surface area contributed by atoms with Crippen LogP contribution >= 0.6 is 23.4 Å². The van der Waals surface area contributed by atoms with E-state index in [0.29, 0.717) is 37.6 Å². The third-order valence-corrected chi connectivity index (χ3v) is 5.83. The van der Waals surface area contributed by atoms with Crippen molar-refractivity contribution in [1.82, 2.24) is 14.8 Å². The van der Waals surface area contributed by atoms with E-state index in [-0.39, 0.29) is 17.1 Å². The molecule has 142 valence electrons. The zero-order valence-electron chi connectivity index (χ0n) is 15.2. The summed E-state index contributed by atoms with van der Waals surface area (Å²) in [5.41, 5.74) is 0.772. The second-order valence-corrected chi connectivity index (χ2v) is 8.27. The van der Waals surface area contributed by atoms with Gasteiger partial charge in [-0.25, -0.2) is 0 Å². The Kier molecular flexibility index (Phi) is 6.74. The number of hydrogen-bond acceptors (Lipinski definition) is 4. The number of carbonyl (C=O) groups is 2. The number of piperazine rings is 1. The molecular formula is C20H22ClN3O2S. The van der Waals surface area contributed by atoms with Crippen molar-refractivity contribution in [2.24, 2.45) is 0 Å². The number of rotatable bonds is 5. The van der Waals surface area contributed by atoms with Crippen LogP contribution in [0.5, 0.6) is 0 Å². The predicted molar refractivity (Wildman–Crippen MR) is 108 cm³/mol. The molecular weight excluding hydrogens is 382 g/mol. The van der Waals surface area contributed by atoms with Crippen LogP contribution in [0.1, 0.15) is 12.6 Å². The van der Waals surface area contributed by atoms with E-state index < -0.39 is 0 Å². The fraction of sp³-hybridized carbons (Fsp3) is 0.350. The first kappa shape index (κ1) is 19.7. The van der Waals surface area contributed by atoms with Crippen LogP contribution in [-0.4, -0.2) is 58.0 Å². The summed E-state index contributed by atoms with van der Waals surface area (Å²) in [6.45, 7) is 4.18. The molecule has 0 aliphatic carbocycles. The highest BCUT2D eigenvalue weighted by Gasteiger charge is 2.27. The number of thioether (sulfide) groups is 1. The van der Waals surface area contributed by atoms with Gasteiger partial charge in [-0.05, 0) is 43.3 Å². The number of nitrogens with zero attached hydrogens (tertiary/aromatic N) is 3. The molecule has 1 atom stereocenters. The van der Waals surface area contributed by atoms with E-state index in [1.165, 1.54) is 11.8 Å². The van der Waals surface area contributed by atoms with Crippen LogP contribution in [0.2, 0.25) is 5.02 Å². The van der Waals surface area contributed by atoms with E-state index in [2.05, 4.69) is 4.98 Å². The number of benzene rings is 1. The average Bonchev–Trinajstić information content (AvgIpc) is 2.70. The SMILES string of the molecule is CC(Sc1ccc(Cl)cc1)C(=O)N1CCN(C(=O)Cc2ccccn2)CC1. The Morgan fingerprint density at radius 3 is 2.37 bits per heavy atom. The summed E-state index contributed by atoms with van der Waals surface area (Å²) in [7, 11) is 0. The van der Waals surface area contributed by atoms with E-state index in [9.17, 15) is 9.59 Å². The molecule has 2 aromatic rings. The molecule has 1 saturated heterocycles. The molecule has 2 amide bonds. The first-order valence-electron chi connectivity index (χ1n) is 8.91. The highest BCUT2D eigenvalue weighted by molar-refractivity contribution is 8.00. The summed E-state index contributed by atoms with van der Waals surface area (Å²) in [5, 5.41) is 0.506. The van der Waals surface area contributed by atoms with Crippen molar-refractivity contribution in [3.8, 4) is 0 Å². The monoisotopic (exact) mass is 403 g/mol. The normalized spacial score (nSPS) is 15.5. The van der Waals surface area contributed by atoms with Gasteiger partial charge in [0.05, 0.1) is 11.7 Å². The fourth-order valence-corrected chi connectivity index (χ4v) is 4.05. The van der Waals surface area contributed by atoms with Gasteiger partial charge in [0.1, 0.15) is 0 Å². The van der Waals surface area contributed by atoms with E-state index in [4.69, 9.17) is 11.6 Å². The van der Waals surface area contributed by atoms with Crippen molar-refractivity contribution < 1.29 is 9.59 Å². The van der Waals surface area contributed by atoms with Gasteiger partial charge in [0.15, 0.2) is 0 Å². The third-order valence-electron chi connectivity index (χ3n) is 4.48. The van der Waals surface area contributed by atoms with Crippen molar-refractivity contribution in [2.45, 2.75) is 23.5 Å². The quantitative estimate of drug-likeness (QED) is 0.720. The summed E-state index contributed by atoms with van der Waals surface area (Å²) in [6, 6.07) is 13.1. The van der Waals surface area contributed by atoms with Crippen molar-refractivity contribution in [3.63, 3.8) is 0 Å². The minimum atomic E-state index is -0.179. The Balaban J connectivity index is 1.48. The minimum absolute atomic E-state index is 0.0596. The van der Waals surface area contributed by atoms with Crippen molar-refractivity contribution in [2.75, 3.05) is 26.2 Å². The van der Waals surface area contributed by atoms with Gasteiger partial charge in [0.25, 0.3) is 0 Å². The average molecular weight is 404 g/mol. The maximum Gasteiger partial charge on any atom is 0.235 e. The van der Waals surface area contributed by atoms with Crippen LogP contribution in [0, 0.1) is 0 Å². The maximum atomic E-state index is 12.7. The van der Waals surface area contributed by atoms with Gasteiger partial charge in [-0.15, -0.1) is 11.8 Å². The number of amides is 2. The molecule has 7 heteroatoms. The number of hydrogen-bond donors (Lipinski definition) is 0. The molecule has 1 fully saturated rings. The largest absolute Gasteiger partial charge is 0.339 e. The zero-order chi connectivity index (χ0) is 19.2. The van der Waals surface area contributed by atoms with Crippen molar-refractivity contribution >= 4 is 35.2 Å². The van der Waals surface area contributed by atoms with Crippen LogP contribution < -0.4 is 0 Å². The summed E-state index contributed by atoms with van der Waals surface area (Å²) < 4.78 is 0. The van der Waals surface area contributed by atoms with Crippen molar-refractivity contribution in [3.05, 3.63) is 59.4 Å². The highest BCUT2D eigenvalue weighted by Crippen LogP contribution is 2.26. The van der Waals surface area contributed by atoms with Gasteiger partial charge in [-0.3, -0.25) is 14.6 Å². The Labute approximate surface area is 168 Å². The second kappa shape index (κ2) is 9.24. The summed E-state index contributed by atoms with van der Waals surface area (Å²) in [5.74, 6) is 0.163. The van der Waals surface area contributed by atoms with Gasteiger partial charge in [0, 0.05) is 48.0 Å². The Morgan fingerprint density at radius 1 is 1.07 bits per heavy atom. The lowest BCUT2D eigenvalue weighted by molar-refractivity contribution is -0.138. The zero-order valence-corrected chi connectivity index (χ0v) is 16.7. The number of carbonyl (C=O) groups excluding carboxylic acids is 2. The summed E-state index contributed by atoms with van der Waals surface area (Å²) in [4.78, 5) is 34.0. The Hall–Kier alpha value is -2.05. The molecule has 1 aliphatic heterocycles. The molecule has 0 saturated carbocycles. The minimum Gasteiger partial charge on any atom is -0.339 e. The smallest absolute Gasteiger partial charge is 0.235 e. The molecule has 1 unspecified atom stereocenters. The topological polar surface area (TPSA) is 53.5 Å². The molecule has 0 bridgehead atoms. The molecule has 2 heterocycles. The first-order chi connectivity index (χ1) is 13.0. The molecule has 5 nitrogen and oxygen atoms in total. The Morgan fingerprint density at radius 2 is 1.74 bits per heavy atom. The third kappa shape index (κ3) is 5.47. The maximum absolute atomic E-state index is 12.7. The van der Waals surface area contributed by atoms with Crippen LogP contribution in [0.15, 0.2) is 53.6 Å². The standard InChI is InChI=1S/C20H22ClN3O2S/c1-15(27-18-7-5-16(21)6-8-18)20(26)24-12-10-23(11-13-24)19(25)14-17-4-2-3-9-22-17/h2-9,15H,10-14H2,1H3. The molecule has 1 aliphatic rings. The molecule has 0 spiro atoms. The highest BCUT2D eigenvalue weighted by atomic mass is 35.5. The number of halogens is 1. The predicted octanol–water partition coefficient (Wildman–Crippen LogP) is 3.13.